The Bertz CT molecular complexity index is 1080. The molecule has 174 valence electrons. The summed E-state index contributed by atoms with van der Waals surface area (Å²) in [6.07, 6.45) is 3.03. The van der Waals surface area contributed by atoms with Crippen LogP contribution < -0.4 is 5.32 Å². The van der Waals surface area contributed by atoms with E-state index in [1.807, 2.05) is 19.1 Å². The number of halogens is 3. The number of piperidine rings is 1. The van der Waals surface area contributed by atoms with Crippen molar-refractivity contribution in [2.45, 2.75) is 44.6 Å². The van der Waals surface area contributed by atoms with E-state index in [2.05, 4.69) is 10.3 Å². The summed E-state index contributed by atoms with van der Waals surface area (Å²) in [5, 5.41) is 2.36. The van der Waals surface area contributed by atoms with Crippen molar-refractivity contribution in [3.8, 4) is 0 Å². The predicted molar refractivity (Wildman–Crippen MR) is 119 cm³/mol. The molecule has 3 rings (SSSR count). The Balaban J connectivity index is 1.89. The number of carbonyl (C=O) groups excluding carboxylic acids is 1. The molecule has 2 heterocycles. The van der Waals surface area contributed by atoms with E-state index in [-0.39, 0.29) is 24.4 Å². The highest BCUT2D eigenvalue weighted by Gasteiger charge is 2.44. The number of rotatable bonds is 7. The summed E-state index contributed by atoms with van der Waals surface area (Å²) in [5.41, 5.74) is -0.236. The maximum Gasteiger partial charge on any atom is 0.253 e. The van der Waals surface area contributed by atoms with E-state index in [4.69, 9.17) is 11.6 Å². The molecule has 0 spiro atoms. The zero-order chi connectivity index (χ0) is 23.5. The number of amides is 1. The highest BCUT2D eigenvalue weighted by atomic mass is 35.5. The third-order valence-corrected chi connectivity index (χ3v) is 8.52. The van der Waals surface area contributed by atoms with Crippen LogP contribution in [0.5, 0.6) is 0 Å². The number of pyridine rings is 1. The third kappa shape index (κ3) is 4.94. The lowest BCUT2D eigenvalue weighted by molar-refractivity contribution is 0.0892. The highest BCUT2D eigenvalue weighted by molar-refractivity contribution is 7.89. The van der Waals surface area contributed by atoms with Crippen LogP contribution in [0.2, 0.25) is 5.02 Å². The van der Waals surface area contributed by atoms with Crippen molar-refractivity contribution in [2.75, 3.05) is 18.8 Å². The molecule has 0 radical (unpaired) electrons. The Labute approximate surface area is 192 Å². The largest absolute Gasteiger partial charge is 0.349 e. The van der Waals surface area contributed by atoms with E-state index in [1.165, 1.54) is 4.31 Å². The molecule has 10 heteroatoms. The monoisotopic (exact) mass is 485 g/mol. The summed E-state index contributed by atoms with van der Waals surface area (Å²) in [4.78, 5) is 17.3. The first-order valence-corrected chi connectivity index (χ1v) is 12.4. The van der Waals surface area contributed by atoms with Crippen LogP contribution in [0.4, 0.5) is 8.78 Å². The van der Waals surface area contributed by atoms with E-state index in [9.17, 15) is 22.0 Å². The molecular formula is C22H26ClF2N3O3S. The second kappa shape index (κ2) is 9.80. The van der Waals surface area contributed by atoms with Crippen LogP contribution in [0.3, 0.4) is 0 Å². The predicted octanol–water partition coefficient (Wildman–Crippen LogP) is 3.91. The van der Waals surface area contributed by atoms with Gasteiger partial charge in [0.2, 0.25) is 10.0 Å². The molecule has 1 atom stereocenters. The summed E-state index contributed by atoms with van der Waals surface area (Å²) in [6.45, 7) is 4.17. The molecule has 1 amide bonds. The lowest BCUT2D eigenvalue weighted by Crippen LogP contribution is -2.55. The molecule has 1 aromatic heterocycles. The molecule has 1 N–H and O–H groups in total. The quantitative estimate of drug-likeness (QED) is 0.603. The minimum atomic E-state index is -3.35. The Hall–Kier alpha value is -2.10. The van der Waals surface area contributed by atoms with Gasteiger partial charge in [0.1, 0.15) is 11.6 Å². The number of sulfonamides is 1. The number of nitrogens with zero attached hydrogens (tertiary/aromatic N) is 2. The number of hydrogen-bond acceptors (Lipinski definition) is 4. The van der Waals surface area contributed by atoms with Gasteiger partial charge in [0.05, 0.1) is 16.3 Å². The van der Waals surface area contributed by atoms with Crippen LogP contribution in [0.15, 0.2) is 36.5 Å². The summed E-state index contributed by atoms with van der Waals surface area (Å²) in [7, 11) is -3.35. The van der Waals surface area contributed by atoms with Gasteiger partial charge in [-0.1, -0.05) is 24.6 Å². The van der Waals surface area contributed by atoms with Gasteiger partial charge in [-0.2, -0.15) is 0 Å². The SMILES string of the molecule is CCCS(=O)(=O)N1CCC(c2ccccn2)([C@@H](C)NC(=O)c2cc(F)cc(F)c2Cl)CC1. The van der Waals surface area contributed by atoms with Crippen molar-refractivity contribution in [2.24, 2.45) is 0 Å². The summed E-state index contributed by atoms with van der Waals surface area (Å²) in [5.74, 6) is -2.55. The van der Waals surface area contributed by atoms with Gasteiger partial charge in [0.15, 0.2) is 0 Å². The van der Waals surface area contributed by atoms with Gasteiger partial charge in [-0.3, -0.25) is 9.78 Å². The normalized spacial score (nSPS) is 17.7. The molecule has 1 fully saturated rings. The van der Waals surface area contributed by atoms with Crippen LogP contribution in [-0.2, 0) is 15.4 Å². The summed E-state index contributed by atoms with van der Waals surface area (Å²) in [6, 6.07) is 6.44. The van der Waals surface area contributed by atoms with Crippen LogP contribution in [0, 0.1) is 11.6 Å². The Morgan fingerprint density at radius 3 is 2.56 bits per heavy atom. The zero-order valence-corrected chi connectivity index (χ0v) is 19.5. The summed E-state index contributed by atoms with van der Waals surface area (Å²) < 4.78 is 54.0. The van der Waals surface area contributed by atoms with E-state index in [1.54, 1.807) is 19.2 Å². The average Bonchev–Trinajstić information content (AvgIpc) is 2.76. The van der Waals surface area contributed by atoms with Gasteiger partial charge in [-0.05, 0) is 44.4 Å². The number of carbonyl (C=O) groups is 1. The fourth-order valence-corrected chi connectivity index (χ4v) is 5.96. The van der Waals surface area contributed by atoms with Gasteiger partial charge in [-0.15, -0.1) is 0 Å². The van der Waals surface area contributed by atoms with Gasteiger partial charge < -0.3 is 5.32 Å². The molecule has 0 bridgehead atoms. The third-order valence-electron chi connectivity index (χ3n) is 6.06. The number of nitrogens with one attached hydrogen (secondary N) is 1. The Kier molecular flexibility index (Phi) is 7.52. The molecule has 1 aliphatic heterocycles. The first-order chi connectivity index (χ1) is 15.1. The van der Waals surface area contributed by atoms with Gasteiger partial charge in [0, 0.05) is 42.5 Å². The van der Waals surface area contributed by atoms with Gasteiger partial charge >= 0.3 is 0 Å². The second-order valence-electron chi connectivity index (χ2n) is 8.03. The van der Waals surface area contributed by atoms with Crippen molar-refractivity contribution in [1.82, 2.24) is 14.6 Å². The lowest BCUT2D eigenvalue weighted by atomic mass is 9.70. The van der Waals surface area contributed by atoms with Crippen LogP contribution >= 0.6 is 11.6 Å². The number of hydrogen-bond donors (Lipinski definition) is 1. The van der Waals surface area contributed by atoms with Crippen molar-refractivity contribution < 1.29 is 22.0 Å². The van der Waals surface area contributed by atoms with E-state index >= 15 is 0 Å². The Morgan fingerprint density at radius 1 is 1.28 bits per heavy atom. The van der Waals surface area contributed by atoms with Gasteiger partial charge in [0.25, 0.3) is 5.91 Å². The molecular weight excluding hydrogens is 460 g/mol. The number of aromatic nitrogens is 1. The van der Waals surface area contributed by atoms with Crippen molar-refractivity contribution >= 4 is 27.5 Å². The topological polar surface area (TPSA) is 79.4 Å². The maximum absolute atomic E-state index is 13.8. The van der Waals surface area contributed by atoms with Crippen LogP contribution in [-0.4, -0.2) is 48.5 Å². The molecule has 32 heavy (non-hydrogen) atoms. The van der Waals surface area contributed by atoms with Crippen LogP contribution in [0.1, 0.15) is 49.2 Å². The molecule has 0 saturated carbocycles. The van der Waals surface area contributed by atoms with E-state index < -0.39 is 44.0 Å². The van der Waals surface area contributed by atoms with Crippen molar-refractivity contribution in [3.05, 3.63) is 64.4 Å². The zero-order valence-electron chi connectivity index (χ0n) is 17.9. The second-order valence-corrected chi connectivity index (χ2v) is 10.5. The van der Waals surface area contributed by atoms with E-state index in [0.717, 1.165) is 11.8 Å². The minimum Gasteiger partial charge on any atom is -0.349 e. The van der Waals surface area contributed by atoms with Crippen LogP contribution in [0.25, 0.3) is 0 Å². The highest BCUT2D eigenvalue weighted by Crippen LogP contribution is 2.38. The summed E-state index contributed by atoms with van der Waals surface area (Å²) >= 11 is 5.89. The van der Waals surface area contributed by atoms with E-state index in [0.29, 0.717) is 25.3 Å². The molecule has 1 aliphatic rings. The maximum atomic E-state index is 13.8. The number of benzene rings is 1. The molecule has 0 aliphatic carbocycles. The van der Waals surface area contributed by atoms with Crippen molar-refractivity contribution in [1.29, 1.82) is 0 Å². The Morgan fingerprint density at radius 2 is 1.97 bits per heavy atom. The molecule has 1 saturated heterocycles. The first kappa shape index (κ1) is 24.5. The average molecular weight is 486 g/mol. The fraction of sp³-hybridized carbons (Fsp3) is 0.455. The smallest absolute Gasteiger partial charge is 0.253 e. The molecule has 1 aromatic carbocycles. The molecule has 0 unspecified atom stereocenters. The molecule has 6 nitrogen and oxygen atoms in total. The van der Waals surface area contributed by atoms with Gasteiger partial charge in [-0.25, -0.2) is 21.5 Å². The first-order valence-electron chi connectivity index (χ1n) is 10.5. The fourth-order valence-electron chi connectivity index (χ4n) is 4.25. The standard InChI is InChI=1S/C22H26ClF2N3O3S/c1-3-12-32(30,31)28-10-7-22(8-11-28,19-6-4-5-9-26-19)15(2)27-21(29)17-13-16(24)14-18(25)20(17)23/h4-6,9,13-15H,3,7-8,10-12H2,1-2H3,(H,27,29)/t15-/m1/s1. The lowest BCUT2D eigenvalue weighted by Gasteiger charge is -2.45. The van der Waals surface area contributed by atoms with Crippen molar-refractivity contribution in [3.63, 3.8) is 0 Å². The molecule has 2 aromatic rings. The minimum absolute atomic E-state index is 0.0828.